The van der Waals surface area contributed by atoms with E-state index in [0.29, 0.717) is 16.9 Å². The van der Waals surface area contributed by atoms with Gasteiger partial charge in [0, 0.05) is 17.3 Å². The van der Waals surface area contributed by atoms with Crippen LogP contribution in [0.25, 0.3) is 21.0 Å². The highest BCUT2D eigenvalue weighted by atomic mass is 32.1. The minimum absolute atomic E-state index is 0.00646. The van der Waals surface area contributed by atoms with Gasteiger partial charge in [0.05, 0.1) is 16.5 Å². The number of hydrogen-bond acceptors (Lipinski definition) is 5. The summed E-state index contributed by atoms with van der Waals surface area (Å²) in [6.07, 6.45) is 3.51. The Morgan fingerprint density at radius 3 is 2.78 bits per heavy atom. The maximum absolute atomic E-state index is 11.3. The Balaban J connectivity index is 2.00. The lowest BCUT2D eigenvalue weighted by Gasteiger charge is -2.11. The smallest absolute Gasteiger partial charge is 0.150 e. The second-order valence-corrected chi connectivity index (χ2v) is 7.39. The van der Waals surface area contributed by atoms with E-state index in [1.54, 1.807) is 11.3 Å². The predicted octanol–water partition coefficient (Wildman–Crippen LogP) is 5.51. The molecule has 5 heteroatoms. The number of carbonyl (C=O) groups is 1. The molecule has 0 amide bonds. The number of aromatic nitrogens is 1. The summed E-state index contributed by atoms with van der Waals surface area (Å²) >= 11 is 1.55. The minimum Gasteiger partial charge on any atom is -0.490 e. The van der Waals surface area contributed by atoms with Crippen LogP contribution in [0.3, 0.4) is 0 Å². The molecular formula is C22H20N2O2S. The summed E-state index contributed by atoms with van der Waals surface area (Å²) in [7, 11) is 0. The van der Waals surface area contributed by atoms with Crippen LogP contribution in [0.1, 0.15) is 42.3 Å². The van der Waals surface area contributed by atoms with Crippen molar-refractivity contribution in [2.45, 2.75) is 33.3 Å². The molecule has 0 aliphatic rings. The molecule has 0 saturated heterocycles. The molecule has 2 aromatic carbocycles. The van der Waals surface area contributed by atoms with Crippen LogP contribution in [0, 0.1) is 11.3 Å². The highest BCUT2D eigenvalue weighted by Crippen LogP contribution is 2.36. The summed E-state index contributed by atoms with van der Waals surface area (Å²) in [5.74, 6) is 0.583. The molecule has 136 valence electrons. The molecule has 0 saturated carbocycles. The number of thiazole rings is 1. The maximum atomic E-state index is 11.3. The van der Waals surface area contributed by atoms with Crippen molar-refractivity contribution < 1.29 is 9.53 Å². The zero-order chi connectivity index (χ0) is 19.4. The van der Waals surface area contributed by atoms with Gasteiger partial charge in [-0.3, -0.25) is 4.79 Å². The molecule has 0 spiro atoms. The zero-order valence-corrected chi connectivity index (χ0v) is 16.3. The van der Waals surface area contributed by atoms with Gasteiger partial charge in [0.2, 0.25) is 0 Å². The second kappa shape index (κ2) is 8.15. The Bertz CT molecular complexity index is 1020. The lowest BCUT2D eigenvalue weighted by atomic mass is 9.99. The average Bonchev–Trinajstić information content (AvgIpc) is 3.17. The van der Waals surface area contributed by atoms with E-state index in [0.717, 1.165) is 39.3 Å². The average molecular weight is 376 g/mol. The molecule has 1 heterocycles. The van der Waals surface area contributed by atoms with Crippen LogP contribution >= 0.6 is 11.3 Å². The van der Waals surface area contributed by atoms with Crippen LogP contribution in [0.5, 0.6) is 5.75 Å². The number of aldehydes is 1. The van der Waals surface area contributed by atoms with Gasteiger partial charge in [0.25, 0.3) is 0 Å². The van der Waals surface area contributed by atoms with Crippen molar-refractivity contribution >= 4 is 17.6 Å². The first-order valence-electron chi connectivity index (χ1n) is 8.81. The van der Waals surface area contributed by atoms with E-state index in [-0.39, 0.29) is 6.10 Å². The summed E-state index contributed by atoms with van der Waals surface area (Å²) < 4.78 is 5.68. The number of benzene rings is 2. The fraction of sp³-hybridized carbons (Fsp3) is 0.227. The van der Waals surface area contributed by atoms with E-state index in [1.807, 2.05) is 63.4 Å². The maximum Gasteiger partial charge on any atom is 0.150 e. The van der Waals surface area contributed by atoms with Crippen molar-refractivity contribution in [2.24, 2.45) is 0 Å². The van der Waals surface area contributed by atoms with Gasteiger partial charge in [-0.05, 0) is 49.6 Å². The van der Waals surface area contributed by atoms with E-state index in [1.165, 1.54) is 0 Å². The Morgan fingerprint density at radius 1 is 1.30 bits per heavy atom. The Hall–Kier alpha value is -2.97. The highest BCUT2D eigenvalue weighted by molar-refractivity contribution is 7.18. The van der Waals surface area contributed by atoms with Gasteiger partial charge in [-0.25, -0.2) is 4.98 Å². The first-order chi connectivity index (χ1) is 13.1. The monoisotopic (exact) mass is 376 g/mol. The lowest BCUT2D eigenvalue weighted by molar-refractivity contribution is 0.112. The number of hydrogen-bond donors (Lipinski definition) is 0. The third-order valence-corrected chi connectivity index (χ3v) is 5.25. The summed E-state index contributed by atoms with van der Waals surface area (Å²) in [5.41, 5.74) is 4.15. The van der Waals surface area contributed by atoms with Crippen LogP contribution in [0.4, 0.5) is 0 Å². The van der Waals surface area contributed by atoms with E-state index >= 15 is 0 Å². The molecule has 0 atom stereocenters. The van der Waals surface area contributed by atoms with Gasteiger partial charge in [-0.2, -0.15) is 5.26 Å². The standard InChI is InChI=1S/C22H20N2O2S/c1-4-18-16(13-25)6-5-7-19(18)21-12-24-22(27-21)15-8-9-20(26-14(2)3)17(10-15)11-23/h5-10,12-14H,4H2,1-3H3. The van der Waals surface area contributed by atoms with Gasteiger partial charge in [-0.15, -0.1) is 11.3 Å². The summed E-state index contributed by atoms with van der Waals surface area (Å²) in [5, 5.41) is 10.3. The zero-order valence-electron chi connectivity index (χ0n) is 15.5. The number of rotatable bonds is 6. The van der Waals surface area contributed by atoms with Gasteiger partial charge in [-0.1, -0.05) is 25.1 Å². The fourth-order valence-electron chi connectivity index (χ4n) is 2.98. The van der Waals surface area contributed by atoms with Crippen molar-refractivity contribution in [3.8, 4) is 32.8 Å². The first kappa shape index (κ1) is 18.8. The van der Waals surface area contributed by atoms with Crippen LogP contribution in [-0.2, 0) is 6.42 Å². The number of nitrogens with zero attached hydrogens (tertiary/aromatic N) is 2. The molecule has 0 N–H and O–H groups in total. The predicted molar refractivity (Wildman–Crippen MR) is 108 cm³/mol. The Labute approximate surface area is 163 Å². The van der Waals surface area contributed by atoms with E-state index in [9.17, 15) is 10.1 Å². The molecule has 0 aliphatic carbocycles. The van der Waals surface area contributed by atoms with Crippen molar-refractivity contribution in [3.05, 3.63) is 59.3 Å². The molecule has 0 radical (unpaired) electrons. The van der Waals surface area contributed by atoms with Crippen LogP contribution in [0.2, 0.25) is 0 Å². The molecule has 1 aromatic heterocycles. The van der Waals surface area contributed by atoms with E-state index in [2.05, 4.69) is 11.1 Å². The van der Waals surface area contributed by atoms with Crippen LogP contribution < -0.4 is 4.74 Å². The largest absolute Gasteiger partial charge is 0.490 e. The SMILES string of the molecule is CCc1c(C=O)cccc1-c1cnc(-c2ccc(OC(C)C)c(C#N)c2)s1. The fourth-order valence-corrected chi connectivity index (χ4v) is 3.94. The molecule has 4 nitrogen and oxygen atoms in total. The van der Waals surface area contributed by atoms with Crippen molar-refractivity contribution in [3.63, 3.8) is 0 Å². The second-order valence-electron chi connectivity index (χ2n) is 6.36. The first-order valence-corrected chi connectivity index (χ1v) is 9.63. The summed E-state index contributed by atoms with van der Waals surface area (Å²) in [6, 6.07) is 13.5. The number of ether oxygens (including phenoxy) is 1. The lowest BCUT2D eigenvalue weighted by Crippen LogP contribution is -2.06. The summed E-state index contributed by atoms with van der Waals surface area (Å²) in [4.78, 5) is 16.9. The van der Waals surface area contributed by atoms with Gasteiger partial charge < -0.3 is 4.74 Å². The quantitative estimate of drug-likeness (QED) is 0.532. The summed E-state index contributed by atoms with van der Waals surface area (Å²) in [6.45, 7) is 5.91. The third-order valence-electron chi connectivity index (χ3n) is 4.17. The van der Waals surface area contributed by atoms with Crippen LogP contribution in [0.15, 0.2) is 42.6 Å². The third kappa shape index (κ3) is 3.91. The molecule has 0 aliphatic heterocycles. The Kier molecular flexibility index (Phi) is 5.68. The van der Waals surface area contributed by atoms with Gasteiger partial charge >= 0.3 is 0 Å². The van der Waals surface area contributed by atoms with Crippen molar-refractivity contribution in [1.29, 1.82) is 5.26 Å². The molecular weight excluding hydrogens is 356 g/mol. The van der Waals surface area contributed by atoms with Crippen molar-refractivity contribution in [1.82, 2.24) is 4.98 Å². The Morgan fingerprint density at radius 2 is 2.11 bits per heavy atom. The van der Waals surface area contributed by atoms with E-state index in [4.69, 9.17) is 4.74 Å². The number of carbonyl (C=O) groups excluding carboxylic acids is 1. The van der Waals surface area contributed by atoms with Crippen molar-refractivity contribution in [2.75, 3.05) is 0 Å². The van der Waals surface area contributed by atoms with E-state index < -0.39 is 0 Å². The van der Waals surface area contributed by atoms with Gasteiger partial charge in [0.15, 0.2) is 0 Å². The number of nitriles is 1. The minimum atomic E-state index is 0.00646. The molecule has 3 rings (SSSR count). The van der Waals surface area contributed by atoms with Gasteiger partial charge in [0.1, 0.15) is 23.1 Å². The molecule has 0 fully saturated rings. The molecule has 0 unspecified atom stereocenters. The molecule has 0 bridgehead atoms. The highest BCUT2D eigenvalue weighted by Gasteiger charge is 2.14. The topological polar surface area (TPSA) is 63.0 Å². The molecule has 3 aromatic rings. The normalized spacial score (nSPS) is 10.6. The van der Waals surface area contributed by atoms with Crippen LogP contribution in [-0.4, -0.2) is 17.4 Å². The molecule has 27 heavy (non-hydrogen) atoms.